The van der Waals surface area contributed by atoms with Gasteiger partial charge in [-0.25, -0.2) is 0 Å². The van der Waals surface area contributed by atoms with E-state index in [1.165, 1.54) is 36.4 Å². The van der Waals surface area contributed by atoms with Crippen molar-refractivity contribution in [2.75, 3.05) is 23.4 Å². The maximum Gasteiger partial charge on any atom is 0.296 e. The van der Waals surface area contributed by atoms with Crippen molar-refractivity contribution in [3.63, 3.8) is 0 Å². The van der Waals surface area contributed by atoms with Crippen molar-refractivity contribution in [1.82, 2.24) is 0 Å². The summed E-state index contributed by atoms with van der Waals surface area (Å²) >= 11 is 0. The largest absolute Gasteiger partial charge is 0.505 e. The van der Waals surface area contributed by atoms with Gasteiger partial charge in [-0.15, -0.1) is 10.2 Å². The minimum absolute atomic E-state index is 0.0347. The van der Waals surface area contributed by atoms with Gasteiger partial charge < -0.3 is 20.9 Å². The topological polar surface area (TPSA) is 305 Å². The van der Waals surface area contributed by atoms with E-state index in [-0.39, 0.29) is 51.9 Å². The van der Waals surface area contributed by atoms with Crippen molar-refractivity contribution >= 4 is 103 Å². The summed E-state index contributed by atoms with van der Waals surface area (Å²) in [6.45, 7) is 5.24. The monoisotopic (exact) mass is 952 g/mol. The Morgan fingerprint density at radius 3 is 1.80 bits per heavy atom. The Morgan fingerprint density at radius 2 is 1.14 bits per heavy atom. The van der Waals surface area contributed by atoms with E-state index in [1.54, 1.807) is 93.6 Å². The van der Waals surface area contributed by atoms with Crippen LogP contribution in [-0.4, -0.2) is 56.4 Å². The normalized spacial score (nSPS) is 12.6. The Morgan fingerprint density at radius 1 is 0.561 bits per heavy atom. The third-order valence-corrected chi connectivity index (χ3v) is 12.7. The zero-order valence-electron chi connectivity index (χ0n) is 35.1. The quantitative estimate of drug-likeness (QED) is 0.0241. The number of phenols is 1. The lowest BCUT2D eigenvalue weighted by atomic mass is 10.1. The fourth-order valence-corrected chi connectivity index (χ4v) is 8.53. The van der Waals surface area contributed by atoms with Crippen molar-refractivity contribution in [2.24, 2.45) is 30.7 Å². The molecule has 7 N–H and O–H groups in total. The highest BCUT2D eigenvalue weighted by Crippen LogP contribution is 2.40. The lowest BCUT2D eigenvalue weighted by Crippen LogP contribution is -2.08. The standard InChI is InChI=1S/C44H40N8O11S3/c1-25-19-38(26(2)18-37(25)50-48-36-15-9-29-21-30(11-13-33(29)44(36)53)46-31-12-14-35(45)43(23-31)66(60,61)62)51-52-40-20-27(3)39(24-41(40)63-16-5-17-64(54,55)56)49-47-32-10-8-28-6-4-7-42(34(28)22-32)65(57,58)59/h4,6-15,18-24,46,53H,5,16-17,45H2,1-3H3,(H,54,55,56)(H,57,58,59)(H,60,61,62). The van der Waals surface area contributed by atoms with Crippen LogP contribution >= 0.6 is 0 Å². The maximum atomic E-state index is 12.0. The van der Waals surface area contributed by atoms with Crippen LogP contribution < -0.4 is 15.8 Å². The molecular weight excluding hydrogens is 913 g/mol. The molecule has 0 fully saturated rings. The van der Waals surface area contributed by atoms with Crippen molar-refractivity contribution in [3.8, 4) is 11.5 Å². The summed E-state index contributed by atoms with van der Waals surface area (Å²) in [5.74, 6) is -0.472. The number of hydrogen-bond donors (Lipinski definition) is 6. The zero-order chi connectivity index (χ0) is 47.6. The maximum absolute atomic E-state index is 12.0. The average Bonchev–Trinajstić information content (AvgIpc) is 3.24. The van der Waals surface area contributed by atoms with E-state index >= 15 is 0 Å². The van der Waals surface area contributed by atoms with Gasteiger partial charge in [0.2, 0.25) is 0 Å². The van der Waals surface area contributed by atoms with Gasteiger partial charge in [-0.3, -0.25) is 13.7 Å². The number of fused-ring (bicyclic) bond motifs is 2. The van der Waals surface area contributed by atoms with E-state index in [0.717, 1.165) is 0 Å². The Bertz CT molecular complexity index is 3510. The number of hydrogen-bond acceptors (Lipinski definition) is 16. The minimum atomic E-state index is -4.53. The lowest BCUT2D eigenvalue weighted by molar-refractivity contribution is 0.317. The summed E-state index contributed by atoms with van der Waals surface area (Å²) in [4.78, 5) is -0.703. The summed E-state index contributed by atoms with van der Waals surface area (Å²) in [6, 6.07) is 28.5. The molecule has 7 aromatic carbocycles. The smallest absolute Gasteiger partial charge is 0.296 e. The molecule has 0 atom stereocenters. The molecule has 19 nitrogen and oxygen atoms in total. The van der Waals surface area contributed by atoms with Gasteiger partial charge in [0.05, 0.1) is 40.8 Å². The molecule has 7 aromatic rings. The number of nitrogen functional groups attached to an aromatic ring is 1. The molecule has 66 heavy (non-hydrogen) atoms. The van der Waals surface area contributed by atoms with Crippen LogP contribution in [0.4, 0.5) is 51.2 Å². The van der Waals surface area contributed by atoms with Gasteiger partial charge in [0, 0.05) is 28.2 Å². The van der Waals surface area contributed by atoms with Crippen LogP contribution in [-0.2, 0) is 30.4 Å². The fraction of sp³-hybridized carbons (Fsp3) is 0.136. The Hall–Kier alpha value is -7.21. The second-order valence-electron chi connectivity index (χ2n) is 15.0. The van der Waals surface area contributed by atoms with Crippen molar-refractivity contribution in [3.05, 3.63) is 126 Å². The van der Waals surface area contributed by atoms with Crippen LogP contribution in [0.15, 0.2) is 150 Å². The minimum Gasteiger partial charge on any atom is -0.505 e. The Kier molecular flexibility index (Phi) is 13.3. The number of nitrogens with zero attached hydrogens (tertiary/aromatic N) is 6. The molecule has 0 aliphatic heterocycles. The Labute approximate surface area is 378 Å². The summed E-state index contributed by atoms with van der Waals surface area (Å²) < 4.78 is 104. The number of ether oxygens (including phenoxy) is 1. The summed E-state index contributed by atoms with van der Waals surface area (Å²) in [7, 11) is -13.3. The van der Waals surface area contributed by atoms with E-state index in [0.29, 0.717) is 67.0 Å². The molecule has 0 heterocycles. The molecule has 0 amide bonds. The van der Waals surface area contributed by atoms with Crippen LogP contribution in [0, 0.1) is 20.8 Å². The van der Waals surface area contributed by atoms with Crippen LogP contribution in [0.2, 0.25) is 0 Å². The van der Waals surface area contributed by atoms with Gasteiger partial charge >= 0.3 is 0 Å². The van der Waals surface area contributed by atoms with E-state index in [9.17, 15) is 44.0 Å². The van der Waals surface area contributed by atoms with E-state index in [1.807, 2.05) is 0 Å². The number of nitrogens with one attached hydrogen (secondary N) is 1. The van der Waals surface area contributed by atoms with Crippen molar-refractivity contribution in [2.45, 2.75) is 37.0 Å². The molecule has 0 saturated heterocycles. The average molecular weight is 953 g/mol. The number of azo groups is 3. The second kappa shape index (κ2) is 18.7. The fourth-order valence-electron chi connectivity index (χ4n) is 6.70. The van der Waals surface area contributed by atoms with E-state index in [2.05, 4.69) is 36.0 Å². The first-order valence-corrected chi connectivity index (χ1v) is 24.1. The van der Waals surface area contributed by atoms with Crippen LogP contribution in [0.1, 0.15) is 23.1 Å². The van der Waals surface area contributed by atoms with Gasteiger partial charge in [-0.05, 0) is 134 Å². The molecule has 0 aromatic heterocycles. The zero-order valence-corrected chi connectivity index (χ0v) is 37.6. The summed E-state index contributed by atoms with van der Waals surface area (Å²) in [5, 5.41) is 42.4. The van der Waals surface area contributed by atoms with E-state index in [4.69, 9.17) is 10.5 Å². The van der Waals surface area contributed by atoms with Gasteiger partial charge in [0.15, 0.2) is 5.75 Å². The number of aryl methyl sites for hydroxylation is 3. The van der Waals surface area contributed by atoms with Crippen LogP contribution in [0.25, 0.3) is 21.5 Å². The third kappa shape index (κ3) is 11.2. The molecule has 7 rings (SSSR count). The van der Waals surface area contributed by atoms with Crippen LogP contribution in [0.5, 0.6) is 11.5 Å². The highest BCUT2D eigenvalue weighted by atomic mass is 32.2. The van der Waals surface area contributed by atoms with Gasteiger partial charge in [-0.2, -0.15) is 45.7 Å². The molecule has 340 valence electrons. The molecule has 0 saturated carbocycles. The molecule has 0 aliphatic rings. The third-order valence-electron chi connectivity index (χ3n) is 10.1. The molecule has 22 heteroatoms. The van der Waals surface area contributed by atoms with Crippen LogP contribution in [0.3, 0.4) is 0 Å². The molecule has 0 radical (unpaired) electrons. The molecule has 0 spiro atoms. The molecule has 0 aliphatic carbocycles. The molecular formula is C44H40N8O11S3. The van der Waals surface area contributed by atoms with Gasteiger partial charge in [0.25, 0.3) is 30.4 Å². The van der Waals surface area contributed by atoms with Gasteiger partial charge in [0.1, 0.15) is 26.9 Å². The van der Waals surface area contributed by atoms with Crippen molar-refractivity contribution < 1.29 is 48.8 Å². The first-order chi connectivity index (χ1) is 31.1. The first-order valence-electron chi connectivity index (χ1n) is 19.6. The number of anilines is 3. The highest BCUT2D eigenvalue weighted by molar-refractivity contribution is 7.86. The predicted molar refractivity (Wildman–Crippen MR) is 249 cm³/mol. The summed E-state index contributed by atoms with van der Waals surface area (Å²) in [5.41, 5.74) is 10.6. The predicted octanol–water partition coefficient (Wildman–Crippen LogP) is 11.3. The lowest BCUT2D eigenvalue weighted by Gasteiger charge is -2.11. The number of aromatic hydroxyl groups is 1. The summed E-state index contributed by atoms with van der Waals surface area (Å²) in [6.07, 6.45) is -0.0347. The number of nitrogens with two attached hydrogens (primary N) is 1. The first kappa shape index (κ1) is 46.8. The molecule has 0 unspecified atom stereocenters. The number of phenolic OH excluding ortho intramolecular Hbond substituents is 1. The van der Waals surface area contributed by atoms with Crippen molar-refractivity contribution in [1.29, 1.82) is 0 Å². The second-order valence-corrected chi connectivity index (χ2v) is 19.3. The number of benzene rings is 7. The number of rotatable bonds is 15. The molecule has 0 bridgehead atoms. The SMILES string of the molecule is Cc1cc(N=Nc2cc(C)c(N=Nc3ccc4cc(Nc5ccc(N)c(S(=O)(=O)O)c5)ccc4c3O)cc2C)c(OCCCS(=O)(=O)O)cc1N=Nc1ccc2cccc(S(=O)(=O)O)c2c1. The Balaban J connectivity index is 1.11. The van der Waals surface area contributed by atoms with Gasteiger partial charge in [-0.1, -0.05) is 24.3 Å². The van der Waals surface area contributed by atoms with E-state index < -0.39 is 41.0 Å². The highest BCUT2D eigenvalue weighted by Gasteiger charge is 2.17.